The molecule has 3 rings (SSSR count). The van der Waals surface area contributed by atoms with Crippen molar-refractivity contribution in [3.63, 3.8) is 0 Å². The third-order valence-electron chi connectivity index (χ3n) is 4.92. The number of nitrogens with two attached hydrogens (primary N) is 1. The Morgan fingerprint density at radius 2 is 1.72 bits per heavy atom. The minimum absolute atomic E-state index is 0.0591. The van der Waals surface area contributed by atoms with Crippen molar-refractivity contribution in [3.8, 4) is 0 Å². The average Bonchev–Trinajstić information content (AvgIpc) is 3.33. The van der Waals surface area contributed by atoms with Gasteiger partial charge < -0.3 is 16.2 Å². The lowest BCUT2D eigenvalue weighted by atomic mass is 9.85. The number of carbonyl (C=O) groups is 3. The second kappa shape index (κ2) is 7.23. The maximum Gasteiger partial charge on any atom is 0.317 e. The van der Waals surface area contributed by atoms with Crippen LogP contribution in [0.15, 0.2) is 24.3 Å². The van der Waals surface area contributed by atoms with Crippen LogP contribution >= 0.6 is 0 Å². The van der Waals surface area contributed by atoms with Crippen LogP contribution in [0.1, 0.15) is 46.4 Å². The topological polar surface area (TPSA) is 113 Å². The summed E-state index contributed by atoms with van der Waals surface area (Å²) in [6.45, 7) is 0.905. The number of aliphatic carboxylic acids is 1. The van der Waals surface area contributed by atoms with Crippen LogP contribution in [0.25, 0.3) is 0 Å². The van der Waals surface area contributed by atoms with Gasteiger partial charge in [0.05, 0.1) is 6.54 Å². The maximum atomic E-state index is 12.2. The molecule has 0 spiro atoms. The minimum Gasteiger partial charge on any atom is -0.480 e. The molecule has 134 valence electrons. The molecule has 0 aromatic heterocycles. The number of primary amides is 1. The molecule has 4 N–H and O–H groups in total. The van der Waals surface area contributed by atoms with Gasteiger partial charge in [0, 0.05) is 29.8 Å². The summed E-state index contributed by atoms with van der Waals surface area (Å²) in [5.41, 5.74) is 6.03. The third kappa shape index (κ3) is 4.57. The van der Waals surface area contributed by atoms with Crippen molar-refractivity contribution in [2.75, 3.05) is 13.1 Å². The maximum absolute atomic E-state index is 12.2. The summed E-state index contributed by atoms with van der Waals surface area (Å²) < 4.78 is 0. The van der Waals surface area contributed by atoms with Crippen LogP contribution < -0.4 is 11.1 Å². The van der Waals surface area contributed by atoms with Gasteiger partial charge in [-0.15, -0.1) is 0 Å². The van der Waals surface area contributed by atoms with E-state index >= 15 is 0 Å². The number of amides is 2. The van der Waals surface area contributed by atoms with Crippen molar-refractivity contribution < 1.29 is 19.5 Å². The van der Waals surface area contributed by atoms with Crippen molar-refractivity contribution in [1.29, 1.82) is 0 Å². The predicted molar refractivity (Wildman–Crippen MR) is 91.2 cm³/mol. The average molecular weight is 345 g/mol. The summed E-state index contributed by atoms with van der Waals surface area (Å²) in [6, 6.07) is 6.50. The number of carboxylic acid groups (broad SMARTS) is 1. The Bertz CT molecular complexity index is 663. The Kier molecular flexibility index (Phi) is 5.03. The van der Waals surface area contributed by atoms with Gasteiger partial charge >= 0.3 is 5.97 Å². The number of benzene rings is 1. The van der Waals surface area contributed by atoms with Crippen molar-refractivity contribution in [1.82, 2.24) is 10.2 Å². The number of carboxylic acids is 1. The number of hydrogen-bond donors (Lipinski definition) is 3. The number of nitrogens with one attached hydrogen (secondary N) is 1. The number of rotatable bonds is 8. The molecule has 1 aromatic carbocycles. The second-order valence-electron chi connectivity index (χ2n) is 7.00. The summed E-state index contributed by atoms with van der Waals surface area (Å²) in [6.07, 6.45) is 3.91. The van der Waals surface area contributed by atoms with E-state index in [0.29, 0.717) is 17.0 Å². The highest BCUT2D eigenvalue weighted by Gasteiger charge is 2.37. The van der Waals surface area contributed by atoms with Gasteiger partial charge in [-0.3, -0.25) is 19.3 Å². The summed E-state index contributed by atoms with van der Waals surface area (Å²) in [5.74, 6) is -0.881. The zero-order valence-electron chi connectivity index (χ0n) is 14.0. The first-order chi connectivity index (χ1) is 11.9. The molecule has 2 aliphatic rings. The molecule has 2 amide bonds. The SMILES string of the molecule is NC(=O)c1ccc(C(=O)NC2CC(N(CC(=O)O)CC3CC3)C2)cc1. The van der Waals surface area contributed by atoms with Crippen LogP contribution in [0.3, 0.4) is 0 Å². The summed E-state index contributed by atoms with van der Waals surface area (Å²) in [7, 11) is 0. The molecule has 0 bridgehead atoms. The lowest BCUT2D eigenvalue weighted by Crippen LogP contribution is -2.55. The smallest absolute Gasteiger partial charge is 0.317 e. The number of nitrogens with zero attached hydrogens (tertiary/aromatic N) is 1. The molecule has 0 heterocycles. The van der Waals surface area contributed by atoms with Crippen molar-refractivity contribution >= 4 is 17.8 Å². The Morgan fingerprint density at radius 3 is 2.24 bits per heavy atom. The summed E-state index contributed by atoms with van der Waals surface area (Å²) in [5, 5.41) is 12.0. The second-order valence-corrected chi connectivity index (χ2v) is 7.00. The minimum atomic E-state index is -0.803. The Hall–Kier alpha value is -2.41. The van der Waals surface area contributed by atoms with Gasteiger partial charge in [-0.2, -0.15) is 0 Å². The fraction of sp³-hybridized carbons (Fsp3) is 0.500. The molecule has 0 atom stereocenters. The molecule has 25 heavy (non-hydrogen) atoms. The normalized spacial score (nSPS) is 22.3. The lowest BCUT2D eigenvalue weighted by molar-refractivity contribution is -0.139. The first-order valence-electron chi connectivity index (χ1n) is 8.59. The van der Waals surface area contributed by atoms with Gasteiger partial charge in [0.15, 0.2) is 0 Å². The Balaban J connectivity index is 1.49. The molecule has 2 saturated carbocycles. The van der Waals surface area contributed by atoms with E-state index < -0.39 is 11.9 Å². The zero-order valence-corrected chi connectivity index (χ0v) is 14.0. The van der Waals surface area contributed by atoms with E-state index in [0.717, 1.165) is 19.4 Å². The van der Waals surface area contributed by atoms with E-state index in [1.54, 1.807) is 12.1 Å². The summed E-state index contributed by atoms with van der Waals surface area (Å²) >= 11 is 0. The Morgan fingerprint density at radius 1 is 1.12 bits per heavy atom. The van der Waals surface area contributed by atoms with E-state index in [4.69, 9.17) is 10.8 Å². The van der Waals surface area contributed by atoms with Gasteiger partial charge in [0.1, 0.15) is 0 Å². The molecule has 2 fully saturated rings. The van der Waals surface area contributed by atoms with Gasteiger partial charge in [-0.25, -0.2) is 0 Å². The van der Waals surface area contributed by atoms with Crippen LogP contribution in [0.5, 0.6) is 0 Å². The molecule has 0 saturated heterocycles. The fourth-order valence-corrected chi connectivity index (χ4v) is 3.21. The zero-order chi connectivity index (χ0) is 18.0. The highest BCUT2D eigenvalue weighted by Crippen LogP contribution is 2.33. The van der Waals surface area contributed by atoms with Gasteiger partial charge in [-0.1, -0.05) is 0 Å². The number of carbonyl (C=O) groups excluding carboxylic acids is 2. The molecular weight excluding hydrogens is 322 g/mol. The van der Waals surface area contributed by atoms with E-state index in [1.807, 2.05) is 4.90 Å². The van der Waals surface area contributed by atoms with Crippen LogP contribution in [0, 0.1) is 5.92 Å². The molecule has 0 radical (unpaired) electrons. The first kappa shape index (κ1) is 17.4. The number of hydrogen-bond acceptors (Lipinski definition) is 4. The third-order valence-corrected chi connectivity index (χ3v) is 4.92. The molecular formula is C18H23N3O4. The molecule has 0 unspecified atom stereocenters. The summed E-state index contributed by atoms with van der Waals surface area (Å²) in [4.78, 5) is 36.3. The van der Waals surface area contributed by atoms with Crippen LogP contribution in [0.4, 0.5) is 0 Å². The van der Waals surface area contributed by atoms with Gasteiger partial charge in [0.2, 0.25) is 5.91 Å². The van der Waals surface area contributed by atoms with Crippen LogP contribution in [-0.4, -0.2) is 53.0 Å². The Labute approximate surface area is 146 Å². The first-order valence-corrected chi connectivity index (χ1v) is 8.59. The van der Waals surface area contributed by atoms with Gasteiger partial charge in [-0.05, 0) is 55.9 Å². The largest absolute Gasteiger partial charge is 0.480 e. The van der Waals surface area contributed by atoms with Crippen LogP contribution in [-0.2, 0) is 4.79 Å². The molecule has 0 aliphatic heterocycles. The highest BCUT2D eigenvalue weighted by molar-refractivity contribution is 5.97. The lowest BCUT2D eigenvalue weighted by Gasteiger charge is -2.42. The van der Waals surface area contributed by atoms with Crippen molar-refractivity contribution in [2.24, 2.45) is 11.7 Å². The molecule has 7 nitrogen and oxygen atoms in total. The standard InChI is InChI=1S/C18H23N3O4/c19-17(24)12-3-5-13(6-4-12)18(25)20-14-7-15(8-14)21(10-16(22)23)9-11-1-2-11/h3-6,11,14-15H,1-2,7-10H2,(H2,19,24)(H,20,25)(H,22,23). The molecule has 2 aliphatic carbocycles. The van der Waals surface area contributed by atoms with E-state index in [9.17, 15) is 14.4 Å². The van der Waals surface area contributed by atoms with Crippen LogP contribution in [0.2, 0.25) is 0 Å². The predicted octanol–water partition coefficient (Wildman–Crippen LogP) is 0.843. The highest BCUT2D eigenvalue weighted by atomic mass is 16.4. The van der Waals surface area contributed by atoms with Crippen molar-refractivity contribution in [3.05, 3.63) is 35.4 Å². The van der Waals surface area contributed by atoms with Gasteiger partial charge in [0.25, 0.3) is 5.91 Å². The van der Waals surface area contributed by atoms with Crippen molar-refractivity contribution in [2.45, 2.75) is 37.8 Å². The molecule has 1 aromatic rings. The van der Waals surface area contributed by atoms with E-state index in [2.05, 4.69) is 5.32 Å². The van der Waals surface area contributed by atoms with E-state index in [1.165, 1.54) is 25.0 Å². The monoisotopic (exact) mass is 345 g/mol. The van der Waals surface area contributed by atoms with E-state index in [-0.39, 0.29) is 24.5 Å². The molecule has 7 heteroatoms. The fourth-order valence-electron chi connectivity index (χ4n) is 3.21. The quantitative estimate of drug-likeness (QED) is 0.646.